The summed E-state index contributed by atoms with van der Waals surface area (Å²) in [5.74, 6) is -1.24. The first-order valence-electron chi connectivity index (χ1n) is 46.9. The van der Waals surface area contributed by atoms with Gasteiger partial charge in [0, 0.05) is 102 Å². The Morgan fingerprint density at radius 1 is 0.294 bits per heavy atom. The van der Waals surface area contributed by atoms with Crippen molar-refractivity contribution in [3.8, 4) is 70.1 Å². The predicted octanol–water partition coefficient (Wildman–Crippen LogP) is 27.9. The van der Waals surface area contributed by atoms with Gasteiger partial charge in [-0.05, 0) is 189 Å². The molecule has 126 heavy (non-hydrogen) atoms. The van der Waals surface area contributed by atoms with Crippen molar-refractivity contribution in [3.05, 3.63) is 195 Å². The Morgan fingerprint density at radius 3 is 1.12 bits per heavy atom. The first kappa shape index (κ1) is 91.6. The van der Waals surface area contributed by atoms with E-state index in [1.54, 1.807) is 45.6 Å². The molecule has 18 heteroatoms. The van der Waals surface area contributed by atoms with E-state index in [0.717, 1.165) is 86.9 Å². The summed E-state index contributed by atoms with van der Waals surface area (Å²) < 4.78 is 51.9. The number of carbonyl (C=O) groups excluding carboxylic acids is 4. The zero-order valence-electron chi connectivity index (χ0n) is 75.1. The number of anilines is 2. The highest BCUT2D eigenvalue weighted by atomic mass is 32.1. The second kappa shape index (κ2) is 44.7. The van der Waals surface area contributed by atoms with Crippen LogP contribution in [0.2, 0.25) is 0 Å². The maximum absolute atomic E-state index is 15.4. The lowest BCUT2D eigenvalue weighted by Crippen LogP contribution is -2.40. The van der Waals surface area contributed by atoms with Gasteiger partial charge in [0.05, 0.1) is 75.7 Å². The van der Waals surface area contributed by atoms with Gasteiger partial charge < -0.3 is 42.6 Å². The predicted molar refractivity (Wildman–Crippen MR) is 519 cm³/mol. The minimum absolute atomic E-state index is 0.0938. The van der Waals surface area contributed by atoms with Crippen molar-refractivity contribution in [2.45, 2.75) is 213 Å². The van der Waals surface area contributed by atoms with E-state index in [4.69, 9.17) is 42.6 Å². The number of aryl methyl sites for hydroxylation is 2. The maximum Gasteiger partial charge on any atom is 0.265 e. The number of amides is 4. The summed E-state index contributed by atoms with van der Waals surface area (Å²) in [6, 6.07) is 53.1. The molecule has 5 heterocycles. The quantitative estimate of drug-likeness (QED) is 0.0154. The fourth-order valence-electron chi connectivity index (χ4n) is 19.2. The third-order valence-corrected chi connectivity index (χ3v) is 29.4. The van der Waals surface area contributed by atoms with Gasteiger partial charge in [-0.15, -0.1) is 34.0 Å². The normalized spacial score (nSPS) is 13.5. The lowest BCUT2D eigenvalue weighted by molar-refractivity contribution is 0.0468. The molecule has 0 atom stereocenters. The number of unbranched alkanes of at least 4 members (excludes halogenated alkanes) is 20. The second-order valence-electron chi connectivity index (χ2n) is 34.3. The van der Waals surface area contributed by atoms with Gasteiger partial charge in [-0.2, -0.15) is 0 Å². The topological polar surface area (TPSA) is 158 Å². The fraction of sp³-hybridized carbons (Fsp3) is 0.444. The van der Waals surface area contributed by atoms with Crippen molar-refractivity contribution in [1.29, 1.82) is 0 Å². The van der Waals surface area contributed by atoms with Gasteiger partial charge in [0.2, 0.25) is 5.75 Å². The van der Waals surface area contributed by atoms with E-state index in [1.807, 2.05) is 82.5 Å². The minimum Gasteiger partial charge on any atom is -0.487 e. The molecule has 12 aromatic rings. The summed E-state index contributed by atoms with van der Waals surface area (Å²) >= 11 is 6.01. The highest BCUT2D eigenvalue weighted by molar-refractivity contribution is 7.25. The summed E-state index contributed by atoms with van der Waals surface area (Å²) in [5.41, 5.74) is 12.3. The summed E-state index contributed by atoms with van der Waals surface area (Å²) in [6.45, 7) is 12.5. The number of hydrogen-bond acceptors (Lipinski definition) is 16. The van der Waals surface area contributed by atoms with Gasteiger partial charge >= 0.3 is 0 Å². The average Bonchev–Trinajstić information content (AvgIpc) is 0.966. The van der Waals surface area contributed by atoms with Crippen LogP contribution < -0.4 is 24.0 Å². The minimum atomic E-state index is -0.549. The number of hydrogen-bond donors (Lipinski definition) is 0. The zero-order valence-corrected chi connectivity index (χ0v) is 77.6. The molecular formula is C108H126N2O13S3. The Bertz CT molecular complexity index is 5450. The van der Waals surface area contributed by atoms with Gasteiger partial charge in [0.25, 0.3) is 23.6 Å². The molecule has 15 rings (SSSR count). The van der Waals surface area contributed by atoms with E-state index < -0.39 is 23.6 Å². The number of nitrogens with zero attached hydrogens (tertiary/aromatic N) is 2. The van der Waals surface area contributed by atoms with Gasteiger partial charge in [-0.1, -0.05) is 230 Å². The van der Waals surface area contributed by atoms with Crippen molar-refractivity contribution in [2.75, 3.05) is 110 Å². The Labute approximate surface area is 757 Å². The Kier molecular flexibility index (Phi) is 32.5. The van der Waals surface area contributed by atoms with Gasteiger partial charge in [0.15, 0.2) is 11.5 Å². The lowest BCUT2D eigenvalue weighted by atomic mass is 9.70. The Hall–Kier alpha value is -9.18. The van der Waals surface area contributed by atoms with Crippen molar-refractivity contribution >= 4 is 112 Å². The van der Waals surface area contributed by atoms with Crippen LogP contribution >= 0.6 is 34.0 Å². The number of rotatable bonds is 55. The first-order valence-corrected chi connectivity index (χ1v) is 49.4. The van der Waals surface area contributed by atoms with Crippen LogP contribution in [-0.2, 0) is 46.7 Å². The number of benzene rings is 9. The molecule has 0 fully saturated rings. The van der Waals surface area contributed by atoms with Gasteiger partial charge in [0.1, 0.15) is 19.8 Å². The molecule has 0 radical (unpaired) electrons. The maximum atomic E-state index is 15.4. The number of ether oxygens (including phenoxy) is 9. The average molecular weight is 1760 g/mol. The summed E-state index contributed by atoms with van der Waals surface area (Å²) in [6.07, 6.45) is 34.8. The van der Waals surface area contributed by atoms with Crippen LogP contribution in [-0.4, -0.2) is 124 Å². The standard InChI is InChI=1S/C108H126N2O13S3/c1-8-12-16-20-24-28-32-78-40-52-95(124-78)90-72-97(126-103(90)96-53-41-79(125-96)33-29-25-21-17-13-9-2)75-37-43-81-80-42-36-74(68-91(80)108(92(81)69-75,54-30-26-22-18-14-10-3)55-31-27-23-19-15-11-4)73-34-38-76(39-35-73)109-104(111)86-48-44-82-84-46-50-88-101-89(51-47-85(99(84)101)83-45-49-87(105(109)112)100(86)98(82)83)107(114)110(106(88)113)77-70-93(121-65-62-118-59-56-115-5)102(123-67-64-120-61-58-117-7)94(71-77)122-66-63-119-60-57-116-6/h34-53,68-72H,8-33,54-67H2,1-7H3. The summed E-state index contributed by atoms with van der Waals surface area (Å²) in [4.78, 5) is 72.6. The molecule has 0 unspecified atom stereocenters. The number of thiophene rings is 3. The van der Waals surface area contributed by atoms with Crippen LogP contribution in [0.4, 0.5) is 11.4 Å². The van der Waals surface area contributed by atoms with E-state index in [2.05, 4.69) is 107 Å². The van der Waals surface area contributed by atoms with E-state index in [-0.39, 0.29) is 68.0 Å². The number of fused-ring (bicyclic) bond motifs is 5. The Balaban J connectivity index is 0.731. The molecule has 0 saturated carbocycles. The van der Waals surface area contributed by atoms with E-state index >= 15 is 19.2 Å². The van der Waals surface area contributed by atoms with Gasteiger partial charge in [-0.25, -0.2) is 9.80 Å². The summed E-state index contributed by atoms with van der Waals surface area (Å²) in [5, 5.41) is 5.72. The van der Waals surface area contributed by atoms with E-state index in [1.165, 1.54) is 209 Å². The molecule has 1 aliphatic carbocycles. The van der Waals surface area contributed by atoms with Crippen LogP contribution in [0.3, 0.4) is 0 Å². The molecule has 0 spiro atoms. The third-order valence-electron chi connectivity index (χ3n) is 25.8. The van der Waals surface area contributed by atoms with Crippen LogP contribution in [0.15, 0.2) is 152 Å². The summed E-state index contributed by atoms with van der Waals surface area (Å²) in [7, 11) is 4.81. The van der Waals surface area contributed by atoms with Crippen LogP contribution in [0, 0.1) is 0 Å². The second-order valence-corrected chi connectivity index (χ2v) is 37.7. The van der Waals surface area contributed by atoms with Crippen LogP contribution in [0.5, 0.6) is 17.2 Å². The highest BCUT2D eigenvalue weighted by Crippen LogP contribution is 2.58. The largest absolute Gasteiger partial charge is 0.487 e. The molecule has 3 aliphatic rings. The monoisotopic (exact) mass is 1750 g/mol. The molecule has 664 valence electrons. The van der Waals surface area contributed by atoms with E-state index in [9.17, 15) is 0 Å². The molecule has 9 aromatic carbocycles. The van der Waals surface area contributed by atoms with Crippen molar-refractivity contribution in [3.63, 3.8) is 0 Å². The SMILES string of the molecule is CCCCCCCCc1ccc(-c2cc(-c3ccc4c(c3)C(CCCCCCCC)(CCCCCCCC)c3cc(-c5ccc(N6C(=O)c7ccc8c9ccc%10c%11c(ccc(c%12ccc(c7c8%12)C6=O)c%119)C(=O)N(c6cc(OCCOCCOC)c(OCCOCCOC)c(OCCOCCOC)c6)C%10=O)cc5)ccc3-4)sc2-c2ccc(CCCCCCCC)s2)s1. The van der Waals surface area contributed by atoms with Crippen molar-refractivity contribution in [1.82, 2.24) is 0 Å². The number of carbonyl (C=O) groups is 4. The van der Waals surface area contributed by atoms with Crippen molar-refractivity contribution in [2.24, 2.45) is 0 Å². The van der Waals surface area contributed by atoms with E-state index in [0.29, 0.717) is 78.4 Å². The highest BCUT2D eigenvalue weighted by Gasteiger charge is 2.44. The van der Waals surface area contributed by atoms with Crippen LogP contribution in [0.25, 0.3) is 96.0 Å². The molecule has 2 aliphatic heterocycles. The zero-order chi connectivity index (χ0) is 87.3. The molecule has 0 bridgehead atoms. The fourth-order valence-corrected chi connectivity index (χ4v) is 22.7. The molecule has 3 aromatic heterocycles. The molecular weight excluding hydrogens is 1630 g/mol. The van der Waals surface area contributed by atoms with Gasteiger partial charge in [-0.3, -0.25) is 19.2 Å². The smallest absolute Gasteiger partial charge is 0.265 e. The third kappa shape index (κ3) is 20.3. The Morgan fingerprint density at radius 2 is 0.667 bits per heavy atom. The number of methoxy groups -OCH3 is 3. The molecule has 15 nitrogen and oxygen atoms in total. The molecule has 4 amide bonds. The first-order chi connectivity index (χ1) is 61.9. The molecule has 0 N–H and O–H groups in total. The number of imide groups is 2. The molecule has 0 saturated heterocycles. The van der Waals surface area contributed by atoms with Crippen molar-refractivity contribution < 1.29 is 61.8 Å². The lowest BCUT2D eigenvalue weighted by Gasteiger charge is -2.33. The van der Waals surface area contributed by atoms with Crippen LogP contribution in [0.1, 0.15) is 257 Å².